The van der Waals surface area contributed by atoms with E-state index in [1.807, 2.05) is 13.0 Å². The van der Waals surface area contributed by atoms with E-state index in [1.165, 1.54) is 42.6 Å². The van der Waals surface area contributed by atoms with Crippen molar-refractivity contribution < 1.29 is 0 Å². The Morgan fingerprint density at radius 3 is 2.48 bits per heavy atom. The molecule has 1 fully saturated rings. The van der Waals surface area contributed by atoms with Gasteiger partial charge in [-0.15, -0.1) is 0 Å². The van der Waals surface area contributed by atoms with Crippen LogP contribution in [0.1, 0.15) is 49.7 Å². The topological polar surface area (TPSA) is 16.1 Å². The van der Waals surface area contributed by atoms with Gasteiger partial charge in [-0.05, 0) is 63.6 Å². The molecule has 0 N–H and O–H groups in total. The first kappa shape index (κ1) is 19.1. The minimum Gasteiger partial charge on any atom is -0.300 e. The number of allylic oxidation sites excluding steroid dienone is 1. The fourth-order valence-electron chi connectivity index (χ4n) is 3.15. The number of aromatic nitrogens is 1. The van der Waals surface area contributed by atoms with Gasteiger partial charge < -0.3 is 0 Å². The van der Waals surface area contributed by atoms with Crippen LogP contribution in [-0.2, 0) is 0 Å². The summed E-state index contributed by atoms with van der Waals surface area (Å²) in [6, 6.07) is 15.0. The molecule has 0 atom stereocenters. The molecular weight excluding hydrogens is 304 g/mol. The predicted molar refractivity (Wildman–Crippen MR) is 110 cm³/mol. The van der Waals surface area contributed by atoms with Crippen molar-refractivity contribution >= 4 is 11.6 Å². The quantitative estimate of drug-likeness (QED) is 0.709. The molecular formula is C23H30N2. The van der Waals surface area contributed by atoms with Crippen LogP contribution < -0.4 is 0 Å². The van der Waals surface area contributed by atoms with E-state index in [9.17, 15) is 0 Å². The second-order valence-corrected chi connectivity index (χ2v) is 6.44. The molecule has 0 saturated carbocycles. The number of rotatable bonds is 5. The summed E-state index contributed by atoms with van der Waals surface area (Å²) in [7, 11) is 0. The second-order valence-electron chi connectivity index (χ2n) is 6.44. The summed E-state index contributed by atoms with van der Waals surface area (Å²) in [5.74, 6) is 0. The van der Waals surface area contributed by atoms with Crippen molar-refractivity contribution in [2.24, 2.45) is 0 Å². The summed E-state index contributed by atoms with van der Waals surface area (Å²) in [5, 5.41) is 0. The summed E-state index contributed by atoms with van der Waals surface area (Å²) in [4.78, 5) is 7.35. The Bertz CT molecular complexity index is 720. The van der Waals surface area contributed by atoms with Gasteiger partial charge in [0, 0.05) is 12.1 Å². The number of pyridine rings is 1. The highest BCUT2D eigenvalue weighted by molar-refractivity contribution is 5.78. The van der Waals surface area contributed by atoms with Crippen LogP contribution in [0.4, 0.5) is 0 Å². The Balaban J connectivity index is 0.00000225. The number of aryl methyl sites for hydroxylation is 1. The lowest BCUT2D eigenvalue weighted by Crippen LogP contribution is -2.19. The van der Waals surface area contributed by atoms with E-state index in [-0.39, 0.29) is 7.43 Å². The first-order chi connectivity index (χ1) is 11.8. The van der Waals surface area contributed by atoms with Crippen LogP contribution in [0.3, 0.4) is 0 Å². The Morgan fingerprint density at radius 2 is 1.80 bits per heavy atom. The van der Waals surface area contributed by atoms with Gasteiger partial charge in [0.1, 0.15) is 0 Å². The first-order valence-electron chi connectivity index (χ1n) is 8.86. The molecule has 1 aliphatic rings. The fourth-order valence-corrected chi connectivity index (χ4v) is 3.15. The van der Waals surface area contributed by atoms with Crippen molar-refractivity contribution in [1.29, 1.82) is 0 Å². The van der Waals surface area contributed by atoms with E-state index in [2.05, 4.69) is 66.4 Å². The smallest absolute Gasteiger partial charge is 0.0712 e. The highest BCUT2D eigenvalue weighted by Gasteiger charge is 2.12. The molecule has 0 aliphatic carbocycles. The van der Waals surface area contributed by atoms with Gasteiger partial charge in [-0.3, -0.25) is 4.90 Å². The molecule has 1 aliphatic heterocycles. The fraction of sp³-hybridized carbons (Fsp3) is 0.348. The van der Waals surface area contributed by atoms with Gasteiger partial charge in [-0.2, -0.15) is 0 Å². The van der Waals surface area contributed by atoms with Crippen LogP contribution in [0.25, 0.3) is 11.6 Å². The maximum absolute atomic E-state index is 4.83. The lowest BCUT2D eigenvalue weighted by molar-refractivity contribution is 0.377. The summed E-state index contributed by atoms with van der Waals surface area (Å²) in [6.45, 7) is 7.58. The van der Waals surface area contributed by atoms with Gasteiger partial charge in [0.2, 0.25) is 0 Å². The van der Waals surface area contributed by atoms with Crippen molar-refractivity contribution in [3.63, 3.8) is 0 Å². The molecule has 0 radical (unpaired) electrons. The standard InChI is InChI=1S/C22H26N2.CH4/c1-3-7-20-8-6-9-22(23-20)21(14-17-24-15-4-5-16-24)19-12-10-18(2)11-13-19;/h3,6-14H,4-5,15-17H2,1-2H3;1H4/b7-3+,21-14+;. The summed E-state index contributed by atoms with van der Waals surface area (Å²) >= 11 is 0. The van der Waals surface area contributed by atoms with Gasteiger partial charge in [0.05, 0.1) is 11.4 Å². The van der Waals surface area contributed by atoms with Crippen LogP contribution in [-0.4, -0.2) is 29.5 Å². The van der Waals surface area contributed by atoms with Crippen LogP contribution in [0, 0.1) is 6.92 Å². The van der Waals surface area contributed by atoms with Gasteiger partial charge in [0.15, 0.2) is 0 Å². The number of nitrogens with zero attached hydrogens (tertiary/aromatic N) is 2. The Labute approximate surface area is 152 Å². The van der Waals surface area contributed by atoms with E-state index < -0.39 is 0 Å². The molecule has 1 saturated heterocycles. The van der Waals surface area contributed by atoms with Crippen molar-refractivity contribution in [2.75, 3.05) is 19.6 Å². The van der Waals surface area contributed by atoms with E-state index in [0.717, 1.165) is 17.9 Å². The molecule has 2 nitrogen and oxygen atoms in total. The summed E-state index contributed by atoms with van der Waals surface area (Å²) in [5.41, 5.74) is 5.81. The third kappa shape index (κ3) is 5.14. The zero-order valence-electron chi connectivity index (χ0n) is 14.7. The van der Waals surface area contributed by atoms with Crippen molar-refractivity contribution in [3.8, 4) is 0 Å². The molecule has 3 rings (SSSR count). The lowest BCUT2D eigenvalue weighted by Gasteiger charge is -2.14. The lowest BCUT2D eigenvalue weighted by atomic mass is 10.00. The van der Waals surface area contributed by atoms with E-state index >= 15 is 0 Å². The van der Waals surface area contributed by atoms with Gasteiger partial charge >= 0.3 is 0 Å². The molecule has 0 amide bonds. The highest BCUT2D eigenvalue weighted by atomic mass is 15.1. The van der Waals surface area contributed by atoms with Crippen LogP contribution in [0.5, 0.6) is 0 Å². The Morgan fingerprint density at radius 1 is 1.08 bits per heavy atom. The third-order valence-electron chi connectivity index (χ3n) is 4.50. The zero-order valence-corrected chi connectivity index (χ0v) is 14.7. The highest BCUT2D eigenvalue weighted by Crippen LogP contribution is 2.23. The maximum atomic E-state index is 4.83. The van der Waals surface area contributed by atoms with Crippen LogP contribution >= 0.6 is 0 Å². The van der Waals surface area contributed by atoms with E-state index in [0.29, 0.717) is 0 Å². The number of hydrogen-bond donors (Lipinski definition) is 0. The van der Waals surface area contributed by atoms with Gasteiger partial charge in [0.25, 0.3) is 0 Å². The second kappa shape index (κ2) is 9.33. The Hall–Kier alpha value is -2.19. The van der Waals surface area contributed by atoms with Gasteiger partial charge in [-0.1, -0.05) is 55.5 Å². The zero-order chi connectivity index (χ0) is 16.8. The number of hydrogen-bond acceptors (Lipinski definition) is 2. The molecule has 25 heavy (non-hydrogen) atoms. The number of benzene rings is 1. The van der Waals surface area contributed by atoms with Crippen molar-refractivity contribution in [1.82, 2.24) is 9.88 Å². The Kier molecular flexibility index (Phi) is 7.15. The molecule has 2 heteroatoms. The normalized spacial score (nSPS) is 15.5. The van der Waals surface area contributed by atoms with Crippen LogP contribution in [0.15, 0.2) is 54.6 Å². The minimum atomic E-state index is 0. The largest absolute Gasteiger partial charge is 0.300 e. The molecule has 0 bridgehead atoms. The monoisotopic (exact) mass is 334 g/mol. The average Bonchev–Trinajstić information content (AvgIpc) is 3.11. The maximum Gasteiger partial charge on any atom is 0.0712 e. The molecule has 0 unspecified atom stereocenters. The molecule has 132 valence electrons. The molecule has 1 aromatic carbocycles. The third-order valence-corrected chi connectivity index (χ3v) is 4.50. The van der Waals surface area contributed by atoms with Gasteiger partial charge in [-0.25, -0.2) is 4.98 Å². The van der Waals surface area contributed by atoms with Crippen molar-refractivity contribution in [3.05, 3.63) is 77.1 Å². The van der Waals surface area contributed by atoms with E-state index in [4.69, 9.17) is 4.98 Å². The number of likely N-dealkylation sites (tertiary alicyclic amines) is 1. The SMILES string of the molecule is C.C/C=C/c1cccc(/C(=C/CN2CCCC2)c2ccc(C)cc2)n1. The average molecular weight is 335 g/mol. The van der Waals surface area contributed by atoms with Crippen molar-refractivity contribution in [2.45, 2.75) is 34.1 Å². The minimum absolute atomic E-state index is 0. The molecule has 2 aromatic rings. The summed E-state index contributed by atoms with van der Waals surface area (Å²) in [6.07, 6.45) is 9.07. The first-order valence-corrected chi connectivity index (χ1v) is 8.86. The van der Waals surface area contributed by atoms with Crippen LogP contribution in [0.2, 0.25) is 0 Å². The molecule has 0 spiro atoms. The molecule has 2 heterocycles. The predicted octanol–water partition coefficient (Wildman–Crippen LogP) is 5.59. The van der Waals surface area contributed by atoms with E-state index in [1.54, 1.807) is 0 Å². The molecule has 1 aromatic heterocycles. The summed E-state index contributed by atoms with van der Waals surface area (Å²) < 4.78 is 0.